The van der Waals surface area contributed by atoms with Gasteiger partial charge in [0.1, 0.15) is 29.3 Å². The van der Waals surface area contributed by atoms with Crippen LogP contribution in [0.25, 0.3) is 11.3 Å². The Morgan fingerprint density at radius 3 is 2.61 bits per heavy atom. The fraction of sp³-hybridized carbons (Fsp3) is 0.0588. The molecule has 0 aliphatic rings. The molecule has 28 heavy (non-hydrogen) atoms. The van der Waals surface area contributed by atoms with Crippen LogP contribution in [0.1, 0.15) is 5.76 Å². The fourth-order valence-electron chi connectivity index (χ4n) is 2.29. The monoisotopic (exact) mass is 383 g/mol. The molecule has 2 aromatic heterocycles. The Morgan fingerprint density at radius 1 is 1.14 bits per heavy atom. The predicted octanol–water partition coefficient (Wildman–Crippen LogP) is 3.61. The molecule has 11 heteroatoms. The lowest BCUT2D eigenvalue weighted by molar-refractivity contribution is -0.385. The van der Waals surface area contributed by atoms with Crippen LogP contribution in [-0.2, 0) is 0 Å². The van der Waals surface area contributed by atoms with Gasteiger partial charge >= 0.3 is 0 Å². The van der Waals surface area contributed by atoms with Crippen LogP contribution in [0.4, 0.5) is 17.2 Å². The number of aromatic nitrogens is 1. The Kier molecular flexibility index (Phi) is 5.25. The zero-order valence-electron chi connectivity index (χ0n) is 14.4. The molecule has 0 fully saturated rings. The number of nitro benzene ring substituents is 1. The van der Waals surface area contributed by atoms with Gasteiger partial charge in [0.15, 0.2) is 0 Å². The molecule has 0 aliphatic carbocycles. The van der Waals surface area contributed by atoms with Crippen molar-refractivity contribution in [2.75, 3.05) is 12.5 Å². The number of pyridine rings is 1. The fourth-order valence-corrected chi connectivity index (χ4v) is 2.29. The molecule has 3 aromatic rings. The number of rotatable bonds is 7. The van der Waals surface area contributed by atoms with Gasteiger partial charge in [-0.15, -0.1) is 0 Å². The third kappa shape index (κ3) is 4.09. The number of furan rings is 1. The molecular formula is C17H13N5O6. The van der Waals surface area contributed by atoms with E-state index in [1.807, 2.05) is 0 Å². The van der Waals surface area contributed by atoms with E-state index in [9.17, 15) is 20.2 Å². The Bertz CT molecular complexity index is 1040. The molecule has 0 atom stereocenters. The first kappa shape index (κ1) is 18.5. The number of ether oxygens (including phenoxy) is 1. The van der Waals surface area contributed by atoms with Gasteiger partial charge in [-0.3, -0.25) is 25.7 Å². The van der Waals surface area contributed by atoms with E-state index in [0.717, 1.165) is 6.20 Å². The zero-order valence-corrected chi connectivity index (χ0v) is 14.4. The van der Waals surface area contributed by atoms with E-state index >= 15 is 0 Å². The third-order valence-electron chi connectivity index (χ3n) is 3.62. The lowest BCUT2D eigenvalue weighted by Crippen LogP contribution is -1.94. The Morgan fingerprint density at radius 2 is 1.96 bits per heavy atom. The van der Waals surface area contributed by atoms with Gasteiger partial charge in [-0.2, -0.15) is 5.10 Å². The summed E-state index contributed by atoms with van der Waals surface area (Å²) in [5.74, 6) is 1.31. The number of nitrogens with zero attached hydrogens (tertiary/aromatic N) is 4. The summed E-state index contributed by atoms with van der Waals surface area (Å²) >= 11 is 0. The van der Waals surface area contributed by atoms with E-state index in [-0.39, 0.29) is 11.4 Å². The molecular weight excluding hydrogens is 370 g/mol. The second-order valence-corrected chi connectivity index (χ2v) is 5.37. The Hall–Kier alpha value is -4.28. The molecule has 0 unspecified atom stereocenters. The summed E-state index contributed by atoms with van der Waals surface area (Å²) in [6, 6.07) is 10.3. The van der Waals surface area contributed by atoms with Crippen LogP contribution < -0.4 is 10.2 Å². The molecule has 0 saturated carbocycles. The highest BCUT2D eigenvalue weighted by Crippen LogP contribution is 2.33. The summed E-state index contributed by atoms with van der Waals surface area (Å²) in [4.78, 5) is 24.7. The van der Waals surface area contributed by atoms with E-state index in [1.165, 1.54) is 37.6 Å². The second kappa shape index (κ2) is 7.95. The molecule has 1 N–H and O–H groups in total. The van der Waals surface area contributed by atoms with Gasteiger partial charge in [0.25, 0.3) is 11.4 Å². The standard InChI is InChI=1S/C17H13N5O6/c1-27-12-3-5-14(15(8-12)22(25)26)16-6-4-13(28-16)10-19-20-17-7-2-11(9-18-17)21(23)24/h2-10H,1H3,(H,18,20)/b19-10-. The van der Waals surface area contributed by atoms with E-state index in [2.05, 4.69) is 15.5 Å². The average Bonchev–Trinajstić information content (AvgIpc) is 3.16. The van der Waals surface area contributed by atoms with Crippen LogP contribution in [0.5, 0.6) is 5.75 Å². The first-order chi connectivity index (χ1) is 13.5. The van der Waals surface area contributed by atoms with E-state index in [4.69, 9.17) is 9.15 Å². The van der Waals surface area contributed by atoms with Gasteiger partial charge in [0, 0.05) is 6.07 Å². The minimum absolute atomic E-state index is 0.133. The maximum atomic E-state index is 11.3. The van der Waals surface area contributed by atoms with Crippen molar-refractivity contribution in [1.82, 2.24) is 4.98 Å². The highest BCUT2D eigenvalue weighted by Gasteiger charge is 2.19. The van der Waals surface area contributed by atoms with Crippen LogP contribution in [0, 0.1) is 20.2 Å². The summed E-state index contributed by atoms with van der Waals surface area (Å²) < 4.78 is 10.6. The van der Waals surface area contributed by atoms with Crippen LogP contribution in [-0.4, -0.2) is 28.2 Å². The quantitative estimate of drug-likeness (QED) is 0.370. The molecule has 0 radical (unpaired) electrons. The van der Waals surface area contributed by atoms with Crippen molar-refractivity contribution in [2.24, 2.45) is 5.10 Å². The topological polar surface area (TPSA) is 146 Å². The molecule has 2 heterocycles. The summed E-state index contributed by atoms with van der Waals surface area (Å²) in [6.45, 7) is 0. The van der Waals surface area contributed by atoms with Crippen LogP contribution in [0.2, 0.25) is 0 Å². The summed E-state index contributed by atoms with van der Waals surface area (Å²) in [5, 5.41) is 25.8. The van der Waals surface area contributed by atoms with Gasteiger partial charge in [0.05, 0.1) is 34.8 Å². The summed E-state index contributed by atoms with van der Waals surface area (Å²) in [7, 11) is 1.42. The SMILES string of the molecule is COc1ccc(-c2ccc(/C=N\Nc3ccc([N+](=O)[O-])cn3)o2)c([N+](=O)[O-])c1. The Labute approximate surface area is 157 Å². The van der Waals surface area contributed by atoms with Crippen LogP contribution in [0.3, 0.4) is 0 Å². The lowest BCUT2D eigenvalue weighted by Gasteiger charge is -2.03. The van der Waals surface area contributed by atoms with E-state index < -0.39 is 9.85 Å². The maximum absolute atomic E-state index is 11.3. The van der Waals surface area contributed by atoms with Crippen molar-refractivity contribution in [3.63, 3.8) is 0 Å². The lowest BCUT2D eigenvalue weighted by atomic mass is 10.1. The van der Waals surface area contributed by atoms with Crippen molar-refractivity contribution < 1.29 is 19.0 Å². The van der Waals surface area contributed by atoms with Gasteiger partial charge in [0.2, 0.25) is 0 Å². The molecule has 3 rings (SSSR count). The smallest absolute Gasteiger partial charge is 0.287 e. The first-order valence-electron chi connectivity index (χ1n) is 7.80. The predicted molar refractivity (Wildman–Crippen MR) is 99.5 cm³/mol. The van der Waals surface area contributed by atoms with Gasteiger partial charge in [-0.1, -0.05) is 0 Å². The number of methoxy groups -OCH3 is 1. The normalized spacial score (nSPS) is 10.8. The second-order valence-electron chi connectivity index (χ2n) is 5.37. The van der Waals surface area contributed by atoms with Crippen molar-refractivity contribution in [3.05, 3.63) is 74.7 Å². The average molecular weight is 383 g/mol. The molecule has 0 bridgehead atoms. The maximum Gasteiger partial charge on any atom is 0.287 e. The molecule has 0 aliphatic heterocycles. The zero-order chi connectivity index (χ0) is 20.1. The summed E-state index contributed by atoms with van der Waals surface area (Å²) in [6.07, 6.45) is 2.45. The molecule has 0 saturated heterocycles. The van der Waals surface area contributed by atoms with Gasteiger partial charge in [-0.05, 0) is 30.3 Å². The number of nitrogens with one attached hydrogen (secondary N) is 1. The van der Waals surface area contributed by atoms with Crippen molar-refractivity contribution >= 4 is 23.4 Å². The highest BCUT2D eigenvalue weighted by molar-refractivity contribution is 5.79. The number of nitro groups is 2. The van der Waals surface area contributed by atoms with E-state index in [0.29, 0.717) is 28.7 Å². The van der Waals surface area contributed by atoms with Crippen LogP contribution >= 0.6 is 0 Å². The number of hydrazone groups is 1. The molecule has 0 amide bonds. The first-order valence-corrected chi connectivity index (χ1v) is 7.80. The minimum atomic E-state index is -0.553. The molecule has 0 spiro atoms. The van der Waals surface area contributed by atoms with Crippen LogP contribution in [0.15, 0.2) is 58.2 Å². The van der Waals surface area contributed by atoms with Gasteiger partial charge in [-0.25, -0.2) is 4.98 Å². The Balaban J connectivity index is 1.74. The minimum Gasteiger partial charge on any atom is -0.497 e. The summed E-state index contributed by atoms with van der Waals surface area (Å²) in [5.41, 5.74) is 2.62. The van der Waals surface area contributed by atoms with Crippen molar-refractivity contribution in [1.29, 1.82) is 0 Å². The number of anilines is 1. The third-order valence-corrected chi connectivity index (χ3v) is 3.62. The molecule has 11 nitrogen and oxygen atoms in total. The molecule has 142 valence electrons. The van der Waals surface area contributed by atoms with E-state index in [1.54, 1.807) is 18.2 Å². The largest absolute Gasteiger partial charge is 0.497 e. The highest BCUT2D eigenvalue weighted by atomic mass is 16.6. The number of benzene rings is 1. The number of hydrogen-bond acceptors (Lipinski definition) is 9. The van der Waals surface area contributed by atoms with Crippen molar-refractivity contribution in [3.8, 4) is 17.1 Å². The van der Waals surface area contributed by atoms with Gasteiger partial charge < -0.3 is 9.15 Å². The molecule has 1 aromatic carbocycles. The van der Waals surface area contributed by atoms with Crippen molar-refractivity contribution in [2.45, 2.75) is 0 Å². The number of hydrogen-bond donors (Lipinski definition) is 1.